The summed E-state index contributed by atoms with van der Waals surface area (Å²) in [7, 11) is 0. The number of nitrogens with one attached hydrogen (secondary N) is 3. The molecule has 2 amide bonds. The van der Waals surface area contributed by atoms with Crippen molar-refractivity contribution in [3.8, 4) is 0 Å². The second-order valence-electron chi connectivity index (χ2n) is 6.77. The van der Waals surface area contributed by atoms with Gasteiger partial charge in [0.1, 0.15) is 0 Å². The van der Waals surface area contributed by atoms with Crippen molar-refractivity contribution in [1.29, 1.82) is 0 Å². The lowest BCUT2D eigenvalue weighted by Gasteiger charge is -2.21. The summed E-state index contributed by atoms with van der Waals surface area (Å²) < 4.78 is 0. The van der Waals surface area contributed by atoms with E-state index in [4.69, 9.17) is 0 Å². The van der Waals surface area contributed by atoms with Crippen molar-refractivity contribution in [2.45, 2.75) is 46.0 Å². The average Bonchev–Trinajstić information content (AvgIpc) is 2.52. The second kappa shape index (κ2) is 9.42. The first-order chi connectivity index (χ1) is 11.6. The monoisotopic (exact) mass is 332 g/mol. The van der Waals surface area contributed by atoms with Crippen LogP contribution in [0, 0.1) is 13.8 Å². The third-order valence-corrected chi connectivity index (χ3v) is 4.80. The largest absolute Gasteiger partial charge is 0.342 e. The van der Waals surface area contributed by atoms with E-state index in [1.54, 1.807) is 0 Å². The van der Waals surface area contributed by atoms with Crippen LogP contribution in [-0.4, -0.2) is 38.0 Å². The lowest BCUT2D eigenvalue weighted by atomic mass is 10.1. The summed E-state index contributed by atoms with van der Waals surface area (Å²) >= 11 is 0. The van der Waals surface area contributed by atoms with Gasteiger partial charge in [-0.1, -0.05) is 18.6 Å². The Hall–Kier alpha value is -1.88. The molecular weight excluding hydrogens is 302 g/mol. The molecule has 1 heterocycles. The van der Waals surface area contributed by atoms with Gasteiger partial charge in [0.05, 0.1) is 19.6 Å². The predicted molar refractivity (Wildman–Crippen MR) is 96.2 cm³/mol. The Morgan fingerprint density at radius 3 is 2.38 bits per heavy atom. The Bertz CT molecular complexity index is 564. The van der Waals surface area contributed by atoms with Crippen LogP contribution in [0.25, 0.3) is 0 Å². The van der Waals surface area contributed by atoms with Crippen molar-refractivity contribution < 1.29 is 14.5 Å². The highest BCUT2D eigenvalue weighted by Crippen LogP contribution is 2.17. The molecule has 0 aliphatic carbocycles. The standard InChI is InChI=1S/C19H29N3O2/c1-15-9-8-10-17(16(15)2)21-18(23)13-20-19(24)14-22-11-6-4-3-5-7-12-22/h8-10H,3-7,11-14H2,1-2H3,(H,20,24)(H,21,23)/p+1. The van der Waals surface area contributed by atoms with E-state index in [0.29, 0.717) is 6.54 Å². The van der Waals surface area contributed by atoms with E-state index in [-0.39, 0.29) is 18.4 Å². The summed E-state index contributed by atoms with van der Waals surface area (Å²) in [6, 6.07) is 5.81. The zero-order valence-corrected chi connectivity index (χ0v) is 14.9. The highest BCUT2D eigenvalue weighted by Gasteiger charge is 2.16. The molecule has 1 saturated heterocycles. The summed E-state index contributed by atoms with van der Waals surface area (Å²) in [6.07, 6.45) is 6.23. The summed E-state index contributed by atoms with van der Waals surface area (Å²) in [4.78, 5) is 25.5. The molecule has 3 N–H and O–H groups in total. The maximum Gasteiger partial charge on any atom is 0.275 e. The van der Waals surface area contributed by atoms with Crippen LogP contribution in [0.3, 0.4) is 0 Å². The van der Waals surface area contributed by atoms with Crippen LogP contribution in [0.1, 0.15) is 43.2 Å². The normalized spacial score (nSPS) is 16.1. The van der Waals surface area contributed by atoms with Gasteiger partial charge in [0.15, 0.2) is 6.54 Å². The van der Waals surface area contributed by atoms with Crippen molar-refractivity contribution >= 4 is 17.5 Å². The maximum absolute atomic E-state index is 12.1. The number of likely N-dealkylation sites (tertiary alicyclic amines) is 1. The van der Waals surface area contributed by atoms with Gasteiger partial charge in [-0.05, 0) is 56.7 Å². The van der Waals surface area contributed by atoms with Gasteiger partial charge in [-0.2, -0.15) is 0 Å². The zero-order chi connectivity index (χ0) is 17.4. The minimum atomic E-state index is -0.181. The van der Waals surface area contributed by atoms with Crippen molar-refractivity contribution in [3.63, 3.8) is 0 Å². The summed E-state index contributed by atoms with van der Waals surface area (Å²) in [5.74, 6) is -0.221. The SMILES string of the molecule is Cc1cccc(NC(=O)CNC(=O)C[NH+]2CCCCCCC2)c1C. The summed E-state index contributed by atoms with van der Waals surface area (Å²) in [5.41, 5.74) is 3.00. The van der Waals surface area contributed by atoms with Crippen LogP contribution in [0.15, 0.2) is 18.2 Å². The van der Waals surface area contributed by atoms with Crippen LogP contribution in [0.4, 0.5) is 5.69 Å². The molecule has 0 saturated carbocycles. The Balaban J connectivity index is 1.74. The van der Waals surface area contributed by atoms with Crippen molar-refractivity contribution in [1.82, 2.24) is 5.32 Å². The molecule has 1 fully saturated rings. The third kappa shape index (κ3) is 5.96. The molecule has 0 bridgehead atoms. The number of aryl methyl sites for hydroxylation is 1. The Morgan fingerprint density at radius 2 is 1.67 bits per heavy atom. The Labute approximate surface area is 144 Å². The van der Waals surface area contributed by atoms with Crippen molar-refractivity contribution in [3.05, 3.63) is 29.3 Å². The van der Waals surface area contributed by atoms with E-state index >= 15 is 0 Å². The predicted octanol–water partition coefficient (Wildman–Crippen LogP) is 1.21. The van der Waals surface area contributed by atoms with Gasteiger partial charge in [0, 0.05) is 5.69 Å². The number of benzene rings is 1. The van der Waals surface area contributed by atoms with E-state index in [9.17, 15) is 9.59 Å². The van der Waals surface area contributed by atoms with Gasteiger partial charge in [-0.15, -0.1) is 0 Å². The van der Waals surface area contributed by atoms with Gasteiger partial charge in [0.2, 0.25) is 5.91 Å². The topological polar surface area (TPSA) is 62.6 Å². The van der Waals surface area contributed by atoms with Crippen molar-refractivity contribution in [2.75, 3.05) is 31.5 Å². The lowest BCUT2D eigenvalue weighted by Crippen LogP contribution is -3.13. The highest BCUT2D eigenvalue weighted by atomic mass is 16.2. The fourth-order valence-electron chi connectivity index (χ4n) is 3.13. The summed E-state index contributed by atoms with van der Waals surface area (Å²) in [6.45, 7) is 6.61. The molecule has 0 atom stereocenters. The van der Waals surface area contributed by atoms with Gasteiger partial charge in [-0.25, -0.2) is 0 Å². The van der Waals surface area contributed by atoms with E-state index in [0.717, 1.165) is 29.9 Å². The number of hydrogen-bond donors (Lipinski definition) is 3. The van der Waals surface area contributed by atoms with Crippen LogP contribution in [-0.2, 0) is 9.59 Å². The smallest absolute Gasteiger partial charge is 0.275 e. The number of rotatable bonds is 5. The zero-order valence-electron chi connectivity index (χ0n) is 14.9. The molecule has 5 heteroatoms. The molecule has 0 aromatic heterocycles. The van der Waals surface area contributed by atoms with Crippen molar-refractivity contribution in [2.24, 2.45) is 0 Å². The molecule has 5 nitrogen and oxygen atoms in total. The van der Waals surface area contributed by atoms with Gasteiger partial charge in [0.25, 0.3) is 5.91 Å². The number of hydrogen-bond acceptors (Lipinski definition) is 2. The molecule has 132 valence electrons. The average molecular weight is 332 g/mol. The number of anilines is 1. The van der Waals surface area contributed by atoms with Gasteiger partial charge >= 0.3 is 0 Å². The molecule has 1 aliphatic heterocycles. The molecule has 0 unspecified atom stereocenters. The van der Waals surface area contributed by atoms with Gasteiger partial charge < -0.3 is 15.5 Å². The van der Waals surface area contributed by atoms with E-state index < -0.39 is 0 Å². The quantitative estimate of drug-likeness (QED) is 0.759. The fourth-order valence-corrected chi connectivity index (χ4v) is 3.13. The molecular formula is C19H30N3O2+. The van der Waals surface area contributed by atoms with Gasteiger partial charge in [-0.3, -0.25) is 9.59 Å². The fraction of sp³-hybridized carbons (Fsp3) is 0.579. The molecule has 0 spiro atoms. The molecule has 0 radical (unpaired) electrons. The van der Waals surface area contributed by atoms with E-state index in [2.05, 4.69) is 10.6 Å². The first-order valence-corrected chi connectivity index (χ1v) is 9.02. The third-order valence-electron chi connectivity index (χ3n) is 4.80. The number of carbonyl (C=O) groups is 2. The minimum Gasteiger partial charge on any atom is -0.342 e. The van der Waals surface area contributed by atoms with Crippen LogP contribution in [0.5, 0.6) is 0 Å². The number of amides is 2. The number of carbonyl (C=O) groups excluding carboxylic acids is 2. The molecule has 2 rings (SSSR count). The van der Waals surface area contributed by atoms with E-state index in [1.165, 1.54) is 37.0 Å². The Morgan fingerprint density at radius 1 is 1.00 bits per heavy atom. The maximum atomic E-state index is 12.1. The van der Waals surface area contributed by atoms with Crippen LogP contribution in [0.2, 0.25) is 0 Å². The first kappa shape index (κ1) is 18.5. The lowest BCUT2D eigenvalue weighted by molar-refractivity contribution is -0.893. The minimum absolute atomic E-state index is 0.0273. The second-order valence-corrected chi connectivity index (χ2v) is 6.77. The Kier molecular flexibility index (Phi) is 7.25. The number of quaternary nitrogens is 1. The van der Waals surface area contributed by atoms with Crippen LogP contribution < -0.4 is 15.5 Å². The molecule has 24 heavy (non-hydrogen) atoms. The van der Waals surface area contributed by atoms with E-state index in [1.807, 2.05) is 32.0 Å². The molecule has 1 aliphatic rings. The molecule has 1 aromatic carbocycles. The summed E-state index contributed by atoms with van der Waals surface area (Å²) in [5, 5.41) is 5.62. The van der Waals surface area contributed by atoms with Crippen LogP contribution >= 0.6 is 0 Å². The molecule has 1 aromatic rings. The first-order valence-electron chi connectivity index (χ1n) is 9.02. The highest BCUT2D eigenvalue weighted by molar-refractivity contribution is 5.95.